The van der Waals surface area contributed by atoms with E-state index in [9.17, 15) is 0 Å². The Labute approximate surface area is 77.3 Å². The molecule has 0 spiro atoms. The van der Waals surface area contributed by atoms with Gasteiger partial charge in [0.15, 0.2) is 0 Å². The van der Waals surface area contributed by atoms with Crippen molar-refractivity contribution in [1.82, 2.24) is 0 Å². The van der Waals surface area contributed by atoms with Gasteiger partial charge in [-0.05, 0) is 17.2 Å². The summed E-state index contributed by atoms with van der Waals surface area (Å²) in [5, 5.41) is 0. The summed E-state index contributed by atoms with van der Waals surface area (Å²) in [4.78, 5) is 1.17. The zero-order chi connectivity index (χ0) is 8.97. The Hall–Kier alpha value is -0.960. The van der Waals surface area contributed by atoms with Gasteiger partial charge in [0, 0.05) is 0 Å². The van der Waals surface area contributed by atoms with Gasteiger partial charge < -0.3 is 5.43 Å². The van der Waals surface area contributed by atoms with Gasteiger partial charge in [-0.15, -0.1) is 11.8 Å². The second kappa shape index (κ2) is 4.16. The summed E-state index contributed by atoms with van der Waals surface area (Å²) in [6, 6.07) is 8.01. The van der Waals surface area contributed by atoms with Crippen LogP contribution in [0.1, 0.15) is 0 Å². The lowest BCUT2D eigenvalue weighted by Crippen LogP contribution is -1.91. The molecule has 0 saturated carbocycles. The van der Waals surface area contributed by atoms with E-state index in [-0.39, 0.29) is 0 Å². The number of nitrogens with zero attached hydrogens (tertiary/aromatic N) is 2. The molecule has 1 aromatic rings. The fourth-order valence-corrected chi connectivity index (χ4v) is 1.43. The fourth-order valence-electron chi connectivity index (χ4n) is 0.896. The lowest BCUT2D eigenvalue weighted by Gasteiger charge is -2.16. The number of hydrogen-bond acceptors (Lipinski definition) is 1. The molecular formula is C9H12N2S. The van der Waals surface area contributed by atoms with Crippen molar-refractivity contribution in [3.05, 3.63) is 29.7 Å². The van der Waals surface area contributed by atoms with E-state index in [1.54, 1.807) is 16.4 Å². The highest BCUT2D eigenvalue weighted by Crippen LogP contribution is 2.30. The third kappa shape index (κ3) is 2.27. The molecule has 3 heteroatoms. The van der Waals surface area contributed by atoms with E-state index in [1.165, 1.54) is 4.90 Å². The van der Waals surface area contributed by atoms with Crippen molar-refractivity contribution in [2.45, 2.75) is 4.90 Å². The van der Waals surface area contributed by atoms with Gasteiger partial charge in [-0.2, -0.15) is 0 Å². The van der Waals surface area contributed by atoms with Crippen LogP contribution in [0.3, 0.4) is 0 Å². The quantitative estimate of drug-likeness (QED) is 0.302. The van der Waals surface area contributed by atoms with Crippen LogP contribution in [-0.2, 0) is 0 Å². The molecule has 0 aliphatic heterocycles. The highest BCUT2D eigenvalue weighted by Gasteiger charge is 1.91. The van der Waals surface area contributed by atoms with E-state index in [0.29, 0.717) is 0 Å². The third-order valence-corrected chi connectivity index (χ3v) is 2.15. The van der Waals surface area contributed by atoms with E-state index in [4.69, 9.17) is 0 Å². The minimum Gasteiger partial charge on any atom is -0.410 e. The van der Waals surface area contributed by atoms with Crippen molar-refractivity contribution in [1.29, 1.82) is 0 Å². The van der Waals surface area contributed by atoms with Crippen LogP contribution >= 0.6 is 11.8 Å². The first-order valence-corrected chi connectivity index (χ1v) is 4.85. The molecule has 0 heterocycles. The number of rotatable bonds is 3. The van der Waals surface area contributed by atoms with E-state index in [1.807, 2.05) is 37.6 Å². The first-order chi connectivity index (χ1) is 5.74. The van der Waals surface area contributed by atoms with E-state index < -0.39 is 0 Å². The Bertz CT molecular complexity index is 284. The van der Waals surface area contributed by atoms with Gasteiger partial charge in [0.05, 0.1) is 0 Å². The summed E-state index contributed by atoms with van der Waals surface area (Å²) in [6.07, 6.45) is 2.04. The van der Waals surface area contributed by atoms with Crippen molar-refractivity contribution in [3.63, 3.8) is 0 Å². The summed E-state index contributed by atoms with van der Waals surface area (Å²) in [5.41, 5.74) is 5.21. The molecule has 0 aliphatic rings. The van der Waals surface area contributed by atoms with Gasteiger partial charge in [0.2, 0.25) is 0 Å². The Morgan fingerprint density at radius 3 is 2.67 bits per heavy atom. The van der Waals surface area contributed by atoms with Gasteiger partial charge in [-0.3, -0.25) is 4.68 Å². The topological polar surface area (TPSA) is 17.1 Å². The highest BCUT2D eigenvalue weighted by molar-refractivity contribution is 7.98. The van der Waals surface area contributed by atoms with Crippen LogP contribution in [0.5, 0.6) is 0 Å². The van der Waals surface area contributed by atoms with Crippen LogP contribution in [0.2, 0.25) is 0 Å². The van der Waals surface area contributed by atoms with Crippen LogP contribution in [-0.4, -0.2) is 24.7 Å². The number of thioether (sulfide) groups is 1. The van der Waals surface area contributed by atoms with Crippen LogP contribution < -0.4 is 0 Å². The third-order valence-electron chi connectivity index (χ3n) is 1.36. The average Bonchev–Trinajstić information content (AvgIpc) is 2.04. The molecule has 0 fully saturated rings. The molecule has 0 saturated heterocycles. The molecule has 0 radical (unpaired) electrons. The first kappa shape index (κ1) is 9.13. The number of hydrogen-bond donors (Lipinski definition) is 0. The maximum absolute atomic E-state index is 4.23. The lowest BCUT2D eigenvalue weighted by atomic mass is 10.3. The Morgan fingerprint density at radius 2 is 2.08 bits per heavy atom. The molecule has 1 aromatic carbocycles. The molecule has 0 atom stereocenters. The Kier molecular flexibility index (Phi) is 3.17. The average molecular weight is 180 g/mol. The van der Waals surface area contributed by atoms with E-state index in [2.05, 4.69) is 12.1 Å². The van der Waals surface area contributed by atoms with Gasteiger partial charge in [-0.1, -0.05) is 23.9 Å². The van der Waals surface area contributed by atoms with Gasteiger partial charge >= 0.3 is 0 Å². The molecule has 0 bridgehead atoms. The van der Waals surface area contributed by atoms with Crippen molar-refractivity contribution >= 4 is 24.2 Å². The first-order valence-electron chi connectivity index (χ1n) is 3.63. The standard InChI is InChI=1S/C9H12N2S/c1-11(2)10-8-6-4-5-7-9(8)12-3/h4-7H,1H2,2-3H3. The molecule has 0 N–H and O–H groups in total. The van der Waals surface area contributed by atoms with Crippen LogP contribution in [0.4, 0.5) is 5.69 Å². The Morgan fingerprint density at radius 1 is 1.42 bits per heavy atom. The zero-order valence-corrected chi connectivity index (χ0v) is 8.14. The lowest BCUT2D eigenvalue weighted by molar-refractivity contribution is -0.428. The molecular weight excluding hydrogens is 168 g/mol. The minimum atomic E-state index is 0.975. The molecule has 2 nitrogen and oxygen atoms in total. The summed E-state index contributed by atoms with van der Waals surface area (Å²) in [7, 11) is 1.82. The summed E-state index contributed by atoms with van der Waals surface area (Å²) < 4.78 is 1.56. The van der Waals surface area contributed by atoms with Crippen molar-refractivity contribution in [2.24, 2.45) is 0 Å². The van der Waals surface area contributed by atoms with Gasteiger partial charge in [0.1, 0.15) is 13.8 Å². The molecule has 64 valence electrons. The normalized spacial score (nSPS) is 9.50. The van der Waals surface area contributed by atoms with E-state index >= 15 is 0 Å². The largest absolute Gasteiger partial charge is 0.410 e. The Balaban J connectivity index is 2.89. The molecule has 0 aromatic heterocycles. The molecule has 12 heavy (non-hydrogen) atoms. The van der Waals surface area contributed by atoms with Crippen molar-refractivity contribution < 1.29 is 4.68 Å². The zero-order valence-electron chi connectivity index (χ0n) is 7.32. The maximum Gasteiger partial charge on any atom is 0.127 e. The van der Waals surface area contributed by atoms with Crippen molar-refractivity contribution in [2.75, 3.05) is 13.3 Å². The smallest absolute Gasteiger partial charge is 0.127 e. The van der Waals surface area contributed by atoms with E-state index in [0.717, 1.165) is 5.69 Å². The monoisotopic (exact) mass is 180 g/mol. The summed E-state index contributed by atoms with van der Waals surface area (Å²) in [6.45, 7) is 3.67. The molecule has 0 unspecified atom stereocenters. The predicted octanol–water partition coefficient (Wildman–Crippen LogP) is 2.67. The second-order valence-corrected chi connectivity index (χ2v) is 3.28. The summed E-state index contributed by atoms with van der Waals surface area (Å²) in [5.74, 6) is 0. The maximum atomic E-state index is 4.23. The summed E-state index contributed by atoms with van der Waals surface area (Å²) >= 11 is 1.69. The van der Waals surface area contributed by atoms with Crippen LogP contribution in [0.25, 0.3) is 5.43 Å². The number of benzene rings is 1. The second-order valence-electron chi connectivity index (χ2n) is 2.43. The van der Waals surface area contributed by atoms with Gasteiger partial charge in [-0.25, -0.2) is 0 Å². The van der Waals surface area contributed by atoms with Gasteiger partial charge in [0.25, 0.3) is 0 Å². The molecule has 0 amide bonds. The molecule has 0 aliphatic carbocycles. The van der Waals surface area contributed by atoms with Crippen LogP contribution in [0, 0.1) is 0 Å². The van der Waals surface area contributed by atoms with Crippen LogP contribution in [0.15, 0.2) is 29.2 Å². The SMILES string of the molecule is C=[N+](C)[N-]c1ccccc1SC. The molecule has 1 rings (SSSR count). The van der Waals surface area contributed by atoms with Crippen molar-refractivity contribution in [3.8, 4) is 0 Å². The predicted molar refractivity (Wildman–Crippen MR) is 54.5 cm³/mol. The minimum absolute atomic E-state index is 0.975. The highest BCUT2D eigenvalue weighted by atomic mass is 32.2. The fraction of sp³-hybridized carbons (Fsp3) is 0.222.